The topological polar surface area (TPSA) is 82.3 Å². The number of rotatable bonds is 3. The number of nitro groups is 1. The largest absolute Gasteiger partial charge is 0.465 e. The van der Waals surface area contributed by atoms with Gasteiger partial charge in [-0.3, -0.25) is 15.1 Å². The molecule has 0 bridgehead atoms. The van der Waals surface area contributed by atoms with Crippen molar-refractivity contribution in [2.75, 3.05) is 7.11 Å². The van der Waals surface area contributed by atoms with Crippen molar-refractivity contribution < 1.29 is 14.5 Å². The van der Waals surface area contributed by atoms with Gasteiger partial charge in [-0.25, -0.2) is 4.79 Å². The van der Waals surface area contributed by atoms with Gasteiger partial charge in [-0.15, -0.1) is 0 Å². The van der Waals surface area contributed by atoms with E-state index in [0.29, 0.717) is 16.8 Å². The minimum absolute atomic E-state index is 0.0145. The molecule has 19 heavy (non-hydrogen) atoms. The van der Waals surface area contributed by atoms with Crippen LogP contribution < -0.4 is 0 Å². The molecule has 1 aromatic carbocycles. The van der Waals surface area contributed by atoms with E-state index in [4.69, 9.17) is 0 Å². The summed E-state index contributed by atoms with van der Waals surface area (Å²) in [5.41, 5.74) is 1.36. The highest BCUT2D eigenvalue weighted by atomic mass is 16.6. The van der Waals surface area contributed by atoms with Gasteiger partial charge in [0.2, 0.25) is 0 Å². The fraction of sp³-hybridized carbons (Fsp3) is 0.0769. The van der Waals surface area contributed by atoms with Crippen LogP contribution >= 0.6 is 0 Å². The molecule has 0 amide bonds. The molecule has 6 heteroatoms. The highest BCUT2D eigenvalue weighted by Gasteiger charge is 2.14. The Hall–Kier alpha value is -2.76. The van der Waals surface area contributed by atoms with Crippen LogP contribution in [0.3, 0.4) is 0 Å². The van der Waals surface area contributed by atoms with Crippen molar-refractivity contribution in [1.29, 1.82) is 0 Å². The molecule has 96 valence electrons. The molecule has 0 aliphatic carbocycles. The summed E-state index contributed by atoms with van der Waals surface area (Å²) in [7, 11) is 1.29. The highest BCUT2D eigenvalue weighted by molar-refractivity contribution is 5.96. The molecule has 0 N–H and O–H groups in total. The first kappa shape index (κ1) is 12.7. The van der Waals surface area contributed by atoms with E-state index < -0.39 is 10.9 Å². The Bertz CT molecular complexity index is 623. The predicted octanol–water partition coefficient (Wildman–Crippen LogP) is 2.44. The summed E-state index contributed by atoms with van der Waals surface area (Å²) in [5, 5.41) is 10.6. The number of aromatic nitrogens is 1. The molecule has 0 unspecified atom stereocenters. The quantitative estimate of drug-likeness (QED) is 0.479. The van der Waals surface area contributed by atoms with Gasteiger partial charge in [-0.1, -0.05) is 0 Å². The van der Waals surface area contributed by atoms with E-state index >= 15 is 0 Å². The number of ether oxygens (including phenoxy) is 1. The minimum Gasteiger partial charge on any atom is -0.465 e. The lowest BCUT2D eigenvalue weighted by Gasteiger charge is -2.06. The lowest BCUT2D eigenvalue weighted by atomic mass is 10.1. The lowest BCUT2D eigenvalue weighted by molar-refractivity contribution is -0.384. The van der Waals surface area contributed by atoms with E-state index in [1.807, 2.05) is 0 Å². The van der Waals surface area contributed by atoms with Gasteiger partial charge in [0.1, 0.15) is 0 Å². The molecule has 2 aromatic rings. The van der Waals surface area contributed by atoms with Gasteiger partial charge in [0.15, 0.2) is 0 Å². The third kappa shape index (κ3) is 2.57. The molecular weight excluding hydrogens is 248 g/mol. The maximum Gasteiger partial charge on any atom is 0.340 e. The molecule has 0 aliphatic heterocycles. The van der Waals surface area contributed by atoms with Crippen molar-refractivity contribution >= 4 is 11.7 Å². The Balaban J connectivity index is 2.47. The second-order valence-electron chi connectivity index (χ2n) is 3.70. The fourth-order valence-corrected chi connectivity index (χ4v) is 1.65. The number of carbonyl (C=O) groups excluding carboxylic acids is 1. The van der Waals surface area contributed by atoms with Crippen LogP contribution in [0.4, 0.5) is 5.69 Å². The zero-order chi connectivity index (χ0) is 13.8. The number of non-ortho nitro benzene ring substituents is 1. The Morgan fingerprint density at radius 3 is 2.53 bits per heavy atom. The number of nitro benzene ring substituents is 1. The van der Waals surface area contributed by atoms with Crippen molar-refractivity contribution in [3.05, 3.63) is 58.3 Å². The number of hydrogen-bond donors (Lipinski definition) is 0. The molecule has 0 aliphatic rings. The van der Waals surface area contributed by atoms with Crippen molar-refractivity contribution in [2.45, 2.75) is 0 Å². The van der Waals surface area contributed by atoms with Crippen LogP contribution in [0, 0.1) is 10.1 Å². The first-order valence-electron chi connectivity index (χ1n) is 5.41. The number of carbonyl (C=O) groups is 1. The maximum absolute atomic E-state index is 11.6. The summed E-state index contributed by atoms with van der Waals surface area (Å²) < 4.78 is 4.67. The summed E-state index contributed by atoms with van der Waals surface area (Å²) in [6.07, 6.45) is 1.54. The van der Waals surface area contributed by atoms with Gasteiger partial charge in [0.05, 0.1) is 23.3 Å². The summed E-state index contributed by atoms with van der Waals surface area (Å²) in [6.45, 7) is 0. The van der Waals surface area contributed by atoms with Gasteiger partial charge in [-0.2, -0.15) is 0 Å². The van der Waals surface area contributed by atoms with Gasteiger partial charge in [0.25, 0.3) is 5.69 Å². The van der Waals surface area contributed by atoms with Crippen LogP contribution in [-0.2, 0) is 4.74 Å². The third-order valence-corrected chi connectivity index (χ3v) is 2.56. The maximum atomic E-state index is 11.6. The number of esters is 1. The number of benzene rings is 1. The van der Waals surface area contributed by atoms with Crippen molar-refractivity contribution in [3.8, 4) is 11.3 Å². The Morgan fingerprint density at radius 1 is 1.26 bits per heavy atom. The van der Waals surface area contributed by atoms with Crippen LogP contribution in [-0.4, -0.2) is 23.0 Å². The second-order valence-corrected chi connectivity index (χ2v) is 3.70. The zero-order valence-electron chi connectivity index (χ0n) is 10.1. The minimum atomic E-state index is -0.499. The van der Waals surface area contributed by atoms with E-state index in [1.54, 1.807) is 30.5 Å². The number of pyridine rings is 1. The molecule has 0 fully saturated rings. The predicted molar refractivity (Wildman–Crippen MR) is 67.7 cm³/mol. The van der Waals surface area contributed by atoms with E-state index in [-0.39, 0.29) is 5.69 Å². The molecule has 0 atom stereocenters. The van der Waals surface area contributed by atoms with Gasteiger partial charge in [-0.05, 0) is 24.3 Å². The van der Waals surface area contributed by atoms with E-state index in [2.05, 4.69) is 9.72 Å². The lowest BCUT2D eigenvalue weighted by Crippen LogP contribution is -2.04. The third-order valence-electron chi connectivity index (χ3n) is 2.56. The average molecular weight is 258 g/mol. The SMILES string of the molecule is COC(=O)c1cccnc1-c1ccc([N+](=O)[O-])cc1. The van der Waals surface area contributed by atoms with Crippen LogP contribution in [0.1, 0.15) is 10.4 Å². The number of methoxy groups -OCH3 is 1. The van der Waals surface area contributed by atoms with Crippen molar-refractivity contribution in [1.82, 2.24) is 4.98 Å². The average Bonchev–Trinajstić information content (AvgIpc) is 2.46. The summed E-state index contributed by atoms with van der Waals surface area (Å²) in [5.74, 6) is -0.499. The molecule has 0 saturated carbocycles. The molecule has 0 spiro atoms. The Morgan fingerprint density at radius 2 is 1.95 bits per heavy atom. The standard InChI is InChI=1S/C13H10N2O4/c1-19-13(16)11-3-2-8-14-12(11)9-4-6-10(7-5-9)15(17)18/h2-8H,1H3. The fourth-order valence-electron chi connectivity index (χ4n) is 1.65. The highest BCUT2D eigenvalue weighted by Crippen LogP contribution is 2.24. The molecule has 2 rings (SSSR count). The second kappa shape index (κ2) is 5.26. The van der Waals surface area contributed by atoms with Crippen LogP contribution in [0.2, 0.25) is 0 Å². The smallest absolute Gasteiger partial charge is 0.340 e. The van der Waals surface area contributed by atoms with E-state index in [1.165, 1.54) is 19.2 Å². The number of nitrogens with zero attached hydrogens (tertiary/aromatic N) is 2. The zero-order valence-corrected chi connectivity index (χ0v) is 10.1. The van der Waals surface area contributed by atoms with Crippen LogP contribution in [0.5, 0.6) is 0 Å². The van der Waals surface area contributed by atoms with E-state index in [0.717, 1.165) is 0 Å². The Kier molecular flexibility index (Phi) is 3.51. The molecule has 0 saturated heterocycles. The summed E-state index contributed by atoms with van der Waals surface area (Å²) in [6, 6.07) is 9.05. The van der Waals surface area contributed by atoms with Crippen LogP contribution in [0.15, 0.2) is 42.6 Å². The number of hydrogen-bond acceptors (Lipinski definition) is 5. The normalized spacial score (nSPS) is 9.95. The van der Waals surface area contributed by atoms with Crippen molar-refractivity contribution in [2.24, 2.45) is 0 Å². The van der Waals surface area contributed by atoms with Gasteiger partial charge < -0.3 is 4.74 Å². The summed E-state index contributed by atoms with van der Waals surface area (Å²) in [4.78, 5) is 25.8. The molecule has 6 nitrogen and oxygen atoms in total. The molecule has 0 radical (unpaired) electrons. The monoisotopic (exact) mass is 258 g/mol. The van der Waals surface area contributed by atoms with E-state index in [9.17, 15) is 14.9 Å². The van der Waals surface area contributed by atoms with Gasteiger partial charge in [0, 0.05) is 23.9 Å². The first-order chi connectivity index (χ1) is 9.13. The van der Waals surface area contributed by atoms with Crippen molar-refractivity contribution in [3.63, 3.8) is 0 Å². The first-order valence-corrected chi connectivity index (χ1v) is 5.41. The molecule has 1 heterocycles. The van der Waals surface area contributed by atoms with Gasteiger partial charge >= 0.3 is 5.97 Å². The Labute approximate surface area is 108 Å². The molecule has 1 aromatic heterocycles. The summed E-state index contributed by atoms with van der Waals surface area (Å²) >= 11 is 0. The molecular formula is C13H10N2O4. The van der Waals surface area contributed by atoms with Crippen LogP contribution in [0.25, 0.3) is 11.3 Å².